The predicted octanol–water partition coefficient (Wildman–Crippen LogP) is 1.89. The molecule has 1 aromatic rings. The number of nitrogens with one attached hydrogen (secondary N) is 1. The van der Waals surface area contributed by atoms with Crippen LogP contribution < -0.4 is 4.72 Å². The molecule has 0 bridgehead atoms. The Morgan fingerprint density at radius 2 is 1.87 bits per heavy atom. The summed E-state index contributed by atoms with van der Waals surface area (Å²) in [6.45, 7) is 8.66. The zero-order valence-electron chi connectivity index (χ0n) is 14.0. The molecule has 0 spiro atoms. The Labute approximate surface area is 144 Å². The van der Waals surface area contributed by atoms with Crippen molar-refractivity contribution in [3.05, 3.63) is 29.3 Å². The highest BCUT2D eigenvalue weighted by atomic mass is 35.5. The van der Waals surface area contributed by atoms with Gasteiger partial charge in [-0.1, -0.05) is 31.5 Å². The van der Waals surface area contributed by atoms with E-state index < -0.39 is 10.0 Å². The lowest BCUT2D eigenvalue weighted by Gasteiger charge is -2.39. The molecule has 1 N–H and O–H groups in total. The molecule has 0 saturated carbocycles. The molecule has 0 radical (unpaired) electrons. The summed E-state index contributed by atoms with van der Waals surface area (Å²) in [5.41, 5.74) is 0. The van der Waals surface area contributed by atoms with Gasteiger partial charge < -0.3 is 4.90 Å². The smallest absolute Gasteiger partial charge is 0.240 e. The second kappa shape index (κ2) is 7.94. The van der Waals surface area contributed by atoms with Crippen molar-refractivity contribution in [2.75, 3.05) is 39.8 Å². The minimum absolute atomic E-state index is 0.192. The van der Waals surface area contributed by atoms with Gasteiger partial charge in [-0.2, -0.15) is 0 Å². The van der Waals surface area contributed by atoms with Crippen LogP contribution >= 0.6 is 11.6 Å². The Morgan fingerprint density at radius 1 is 1.22 bits per heavy atom. The lowest BCUT2D eigenvalue weighted by atomic mass is 10.0. The molecule has 1 aliphatic heterocycles. The summed E-state index contributed by atoms with van der Waals surface area (Å²) in [7, 11) is -1.42. The summed E-state index contributed by atoms with van der Waals surface area (Å²) >= 11 is 5.89. The van der Waals surface area contributed by atoms with E-state index in [-0.39, 0.29) is 10.9 Å². The van der Waals surface area contributed by atoms with E-state index in [9.17, 15) is 8.42 Å². The zero-order chi connectivity index (χ0) is 17.0. The van der Waals surface area contributed by atoms with Gasteiger partial charge in [0, 0.05) is 43.8 Å². The molecule has 1 heterocycles. The molecule has 0 amide bonds. The molecule has 2 rings (SSSR count). The van der Waals surface area contributed by atoms with E-state index in [4.69, 9.17) is 11.6 Å². The Balaban J connectivity index is 2.03. The Morgan fingerprint density at radius 3 is 2.43 bits per heavy atom. The van der Waals surface area contributed by atoms with Crippen molar-refractivity contribution in [1.82, 2.24) is 14.5 Å². The summed E-state index contributed by atoms with van der Waals surface area (Å²) in [5.74, 6) is 0.375. The molecule has 1 fully saturated rings. The average molecular weight is 360 g/mol. The minimum atomic E-state index is -3.53. The highest BCUT2D eigenvalue weighted by molar-refractivity contribution is 7.89. The van der Waals surface area contributed by atoms with Gasteiger partial charge in [0.15, 0.2) is 0 Å². The van der Waals surface area contributed by atoms with E-state index in [2.05, 4.69) is 35.4 Å². The van der Waals surface area contributed by atoms with Gasteiger partial charge in [-0.05, 0) is 31.2 Å². The average Bonchev–Trinajstić information content (AvgIpc) is 2.49. The third-order valence-corrected chi connectivity index (χ3v) is 6.02. The van der Waals surface area contributed by atoms with E-state index in [0.29, 0.717) is 17.5 Å². The molecule has 130 valence electrons. The van der Waals surface area contributed by atoms with Crippen molar-refractivity contribution in [1.29, 1.82) is 0 Å². The fourth-order valence-corrected chi connectivity index (χ4v) is 4.20. The first-order chi connectivity index (χ1) is 10.8. The molecule has 1 atom stereocenters. The van der Waals surface area contributed by atoms with Gasteiger partial charge in [0.2, 0.25) is 10.0 Å². The molecule has 0 aliphatic carbocycles. The van der Waals surface area contributed by atoms with Crippen LogP contribution in [0.2, 0.25) is 5.02 Å². The SMILES string of the molecule is CC(C)C(CNS(=O)(=O)c1cccc(Cl)c1)N1CCN(C)CC1. The van der Waals surface area contributed by atoms with Crippen molar-refractivity contribution >= 4 is 21.6 Å². The number of benzene rings is 1. The fourth-order valence-electron chi connectivity index (χ4n) is 2.85. The molecule has 1 aromatic carbocycles. The number of rotatable bonds is 6. The van der Waals surface area contributed by atoms with Gasteiger partial charge in [-0.3, -0.25) is 4.90 Å². The highest BCUT2D eigenvalue weighted by Gasteiger charge is 2.26. The van der Waals surface area contributed by atoms with Crippen LogP contribution in [-0.4, -0.2) is 64.0 Å². The van der Waals surface area contributed by atoms with Crippen LogP contribution in [-0.2, 0) is 10.0 Å². The van der Waals surface area contributed by atoms with Gasteiger partial charge in [0.25, 0.3) is 0 Å². The fraction of sp³-hybridized carbons (Fsp3) is 0.625. The summed E-state index contributed by atoms with van der Waals surface area (Å²) in [5, 5.41) is 0.423. The maximum atomic E-state index is 12.4. The van der Waals surface area contributed by atoms with Crippen LogP contribution in [0.4, 0.5) is 0 Å². The number of halogens is 1. The standard InChI is InChI=1S/C16H26ClN3O2S/c1-13(2)16(20-9-7-19(3)8-10-20)12-18-23(21,22)15-6-4-5-14(17)11-15/h4-6,11,13,16,18H,7-10,12H2,1-3H3. The Hall–Kier alpha value is -0.660. The van der Waals surface area contributed by atoms with Crippen LogP contribution in [0.3, 0.4) is 0 Å². The lowest BCUT2D eigenvalue weighted by molar-refractivity contribution is 0.0905. The molecule has 5 nitrogen and oxygen atoms in total. The van der Waals surface area contributed by atoms with E-state index >= 15 is 0 Å². The quantitative estimate of drug-likeness (QED) is 0.842. The van der Waals surface area contributed by atoms with Crippen LogP contribution in [0.5, 0.6) is 0 Å². The Bertz CT molecular complexity index is 614. The topological polar surface area (TPSA) is 52.7 Å². The van der Waals surface area contributed by atoms with Crippen molar-refractivity contribution in [3.63, 3.8) is 0 Å². The Kier molecular flexibility index (Phi) is 6.45. The van der Waals surface area contributed by atoms with Crippen molar-refractivity contribution < 1.29 is 8.42 Å². The van der Waals surface area contributed by atoms with Crippen LogP contribution in [0.15, 0.2) is 29.2 Å². The third kappa shape index (κ3) is 5.16. The molecule has 1 saturated heterocycles. The lowest BCUT2D eigenvalue weighted by Crippen LogP contribution is -2.54. The zero-order valence-corrected chi connectivity index (χ0v) is 15.6. The number of likely N-dealkylation sites (N-methyl/N-ethyl adjacent to an activating group) is 1. The number of hydrogen-bond acceptors (Lipinski definition) is 4. The van der Waals surface area contributed by atoms with Crippen molar-refractivity contribution in [3.8, 4) is 0 Å². The molecule has 7 heteroatoms. The second-order valence-corrected chi connectivity index (χ2v) is 8.66. The van der Waals surface area contributed by atoms with Crippen molar-refractivity contribution in [2.45, 2.75) is 24.8 Å². The summed E-state index contributed by atoms with van der Waals surface area (Å²) in [6, 6.07) is 6.55. The maximum Gasteiger partial charge on any atom is 0.240 e. The van der Waals surface area contributed by atoms with Gasteiger partial charge >= 0.3 is 0 Å². The summed E-state index contributed by atoms with van der Waals surface area (Å²) in [6.07, 6.45) is 0. The summed E-state index contributed by atoms with van der Waals surface area (Å²) in [4.78, 5) is 4.89. The molecular formula is C16H26ClN3O2S. The molecular weight excluding hydrogens is 334 g/mol. The van der Waals surface area contributed by atoms with Gasteiger partial charge in [0.05, 0.1) is 4.90 Å². The largest absolute Gasteiger partial charge is 0.304 e. The minimum Gasteiger partial charge on any atom is -0.304 e. The maximum absolute atomic E-state index is 12.4. The second-order valence-electron chi connectivity index (χ2n) is 6.46. The van der Waals surface area contributed by atoms with Gasteiger partial charge in [-0.25, -0.2) is 13.1 Å². The molecule has 0 aromatic heterocycles. The first-order valence-corrected chi connectivity index (χ1v) is 9.83. The predicted molar refractivity (Wildman–Crippen MR) is 94.3 cm³/mol. The number of hydrogen-bond donors (Lipinski definition) is 1. The van der Waals surface area contributed by atoms with Crippen LogP contribution in [0, 0.1) is 5.92 Å². The van der Waals surface area contributed by atoms with Crippen LogP contribution in [0.1, 0.15) is 13.8 Å². The molecule has 1 aliphatic rings. The van der Waals surface area contributed by atoms with E-state index in [0.717, 1.165) is 26.2 Å². The molecule has 23 heavy (non-hydrogen) atoms. The number of piperazine rings is 1. The summed E-state index contributed by atoms with van der Waals surface area (Å²) < 4.78 is 27.7. The van der Waals surface area contributed by atoms with Gasteiger partial charge in [-0.15, -0.1) is 0 Å². The van der Waals surface area contributed by atoms with Gasteiger partial charge in [0.1, 0.15) is 0 Å². The number of sulfonamides is 1. The van der Waals surface area contributed by atoms with E-state index in [1.54, 1.807) is 18.2 Å². The number of nitrogens with zero attached hydrogens (tertiary/aromatic N) is 2. The first-order valence-electron chi connectivity index (χ1n) is 7.97. The molecule has 1 unspecified atom stereocenters. The monoisotopic (exact) mass is 359 g/mol. The van der Waals surface area contributed by atoms with E-state index in [1.807, 2.05) is 0 Å². The first kappa shape index (κ1) is 18.7. The highest BCUT2D eigenvalue weighted by Crippen LogP contribution is 2.17. The van der Waals surface area contributed by atoms with Crippen molar-refractivity contribution in [2.24, 2.45) is 5.92 Å². The third-order valence-electron chi connectivity index (χ3n) is 4.37. The van der Waals surface area contributed by atoms with E-state index in [1.165, 1.54) is 6.07 Å². The normalized spacial score (nSPS) is 19.2. The van der Waals surface area contributed by atoms with Crippen LogP contribution in [0.25, 0.3) is 0 Å².